The number of hydrogen-bond acceptors (Lipinski definition) is 7. The van der Waals surface area contributed by atoms with Crippen LogP contribution in [0.3, 0.4) is 0 Å². The van der Waals surface area contributed by atoms with Crippen LogP contribution in [0.15, 0.2) is 48.5 Å². The number of methoxy groups -OCH3 is 1. The van der Waals surface area contributed by atoms with E-state index in [0.717, 1.165) is 0 Å². The van der Waals surface area contributed by atoms with E-state index >= 15 is 0 Å². The first kappa shape index (κ1) is 20.9. The molecule has 8 nitrogen and oxygen atoms in total. The summed E-state index contributed by atoms with van der Waals surface area (Å²) in [6.45, 7) is 1.93. The van der Waals surface area contributed by atoms with Crippen LogP contribution in [-0.4, -0.2) is 52.1 Å². The molecule has 4 atom stereocenters. The highest BCUT2D eigenvalue weighted by Crippen LogP contribution is 2.50. The van der Waals surface area contributed by atoms with Crippen LogP contribution in [0.2, 0.25) is 0 Å². The second-order valence-electron chi connectivity index (χ2n) is 7.94. The zero-order valence-corrected chi connectivity index (χ0v) is 17.2. The van der Waals surface area contributed by atoms with Gasteiger partial charge in [0.05, 0.1) is 18.9 Å². The summed E-state index contributed by atoms with van der Waals surface area (Å²) in [7, 11) is 1.25. The van der Waals surface area contributed by atoms with Gasteiger partial charge in [-0.15, -0.1) is 0 Å². The Morgan fingerprint density at radius 2 is 1.61 bits per heavy atom. The molecule has 162 valence electrons. The molecule has 0 bridgehead atoms. The highest BCUT2D eigenvalue weighted by molar-refractivity contribution is 6.09. The van der Waals surface area contributed by atoms with Gasteiger partial charge in [0, 0.05) is 19.0 Å². The molecule has 0 saturated carbocycles. The first-order valence-electron chi connectivity index (χ1n) is 10.1. The number of fused-ring (bicyclic) bond motifs is 1. The third-order valence-electron chi connectivity index (χ3n) is 6.28. The molecule has 8 heteroatoms. The monoisotopic (exact) mass is 424 g/mol. The van der Waals surface area contributed by atoms with E-state index < -0.39 is 35.3 Å². The third kappa shape index (κ3) is 3.23. The fourth-order valence-corrected chi connectivity index (χ4v) is 4.88. The van der Waals surface area contributed by atoms with Gasteiger partial charge in [-0.25, -0.2) is 0 Å². The number of phenolic OH excluding ortho intramolecular Hbond substituents is 2. The SMILES string of the molecule is CCN1C(=O)[C@@H]2[C@H](c3ccc(O)cc3)N[C@](Cc3ccc(O)cc3)(C(=O)OC)[C@H]2C1=O. The van der Waals surface area contributed by atoms with Crippen LogP contribution < -0.4 is 5.32 Å². The van der Waals surface area contributed by atoms with Gasteiger partial charge in [0.15, 0.2) is 0 Å². The van der Waals surface area contributed by atoms with E-state index in [-0.39, 0.29) is 30.4 Å². The molecule has 2 amide bonds. The van der Waals surface area contributed by atoms with Gasteiger partial charge in [0.25, 0.3) is 0 Å². The summed E-state index contributed by atoms with van der Waals surface area (Å²) in [6, 6.07) is 12.1. The molecule has 0 aromatic heterocycles. The van der Waals surface area contributed by atoms with Crippen molar-refractivity contribution in [3.05, 3.63) is 59.7 Å². The summed E-state index contributed by atoms with van der Waals surface area (Å²) < 4.78 is 5.12. The molecule has 2 aliphatic rings. The molecule has 4 rings (SSSR count). The standard InChI is InChI=1S/C23H24N2O6/c1-3-25-20(28)17-18(21(25)29)23(22(30)31-2,12-13-4-8-15(26)9-5-13)24-19(17)14-6-10-16(27)11-7-14/h4-11,17-19,24,26-27H,3,12H2,1-2H3/t17-,18+,19-,23-/m0/s1. The second-order valence-corrected chi connectivity index (χ2v) is 7.94. The van der Waals surface area contributed by atoms with E-state index in [2.05, 4.69) is 5.32 Å². The van der Waals surface area contributed by atoms with Crippen LogP contribution in [0.5, 0.6) is 11.5 Å². The number of nitrogens with one attached hydrogen (secondary N) is 1. The van der Waals surface area contributed by atoms with E-state index in [0.29, 0.717) is 11.1 Å². The number of amides is 2. The fraction of sp³-hybridized carbons (Fsp3) is 0.348. The number of hydrogen-bond donors (Lipinski definition) is 3. The summed E-state index contributed by atoms with van der Waals surface area (Å²) in [6.07, 6.45) is 0.103. The van der Waals surface area contributed by atoms with Gasteiger partial charge < -0.3 is 14.9 Å². The zero-order valence-electron chi connectivity index (χ0n) is 17.2. The Morgan fingerprint density at radius 3 is 2.16 bits per heavy atom. The Hall–Kier alpha value is -3.39. The summed E-state index contributed by atoms with van der Waals surface area (Å²) in [4.78, 5) is 40.9. The average Bonchev–Trinajstić information content (AvgIpc) is 3.24. The molecule has 0 aliphatic carbocycles. The number of likely N-dealkylation sites (tertiary alicyclic amines) is 1. The second kappa shape index (κ2) is 7.70. The number of rotatable bonds is 5. The Morgan fingerprint density at radius 1 is 1.03 bits per heavy atom. The fourth-order valence-electron chi connectivity index (χ4n) is 4.88. The predicted octanol–water partition coefficient (Wildman–Crippen LogP) is 1.52. The number of carbonyl (C=O) groups is 3. The number of carbonyl (C=O) groups excluding carboxylic acids is 3. The topological polar surface area (TPSA) is 116 Å². The van der Waals surface area contributed by atoms with Gasteiger partial charge in [0.2, 0.25) is 11.8 Å². The first-order chi connectivity index (χ1) is 14.8. The summed E-state index contributed by atoms with van der Waals surface area (Å²) in [5, 5.41) is 22.5. The molecule has 0 radical (unpaired) electrons. The number of esters is 1. The molecule has 3 N–H and O–H groups in total. The van der Waals surface area contributed by atoms with Gasteiger partial charge in [-0.05, 0) is 42.3 Å². The Balaban J connectivity index is 1.85. The molecule has 0 spiro atoms. The maximum atomic E-state index is 13.3. The van der Waals surface area contributed by atoms with Crippen molar-refractivity contribution in [2.24, 2.45) is 11.8 Å². The third-order valence-corrected chi connectivity index (χ3v) is 6.28. The maximum Gasteiger partial charge on any atom is 0.327 e. The molecular formula is C23H24N2O6. The average molecular weight is 424 g/mol. The van der Waals surface area contributed by atoms with Crippen molar-refractivity contribution in [3.8, 4) is 11.5 Å². The Kier molecular flexibility index (Phi) is 5.18. The Bertz CT molecular complexity index is 1020. The van der Waals surface area contributed by atoms with Gasteiger partial charge in [-0.2, -0.15) is 0 Å². The molecule has 2 saturated heterocycles. The van der Waals surface area contributed by atoms with Crippen LogP contribution >= 0.6 is 0 Å². The lowest BCUT2D eigenvalue weighted by molar-refractivity contribution is -0.154. The lowest BCUT2D eigenvalue weighted by atomic mass is 9.76. The molecule has 2 aromatic rings. The predicted molar refractivity (Wildman–Crippen MR) is 110 cm³/mol. The highest BCUT2D eigenvalue weighted by Gasteiger charge is 2.68. The largest absolute Gasteiger partial charge is 0.508 e. The normalized spacial score (nSPS) is 27.4. The van der Waals surface area contributed by atoms with E-state index in [1.807, 2.05) is 0 Å². The molecule has 31 heavy (non-hydrogen) atoms. The van der Waals surface area contributed by atoms with E-state index in [9.17, 15) is 24.6 Å². The number of nitrogens with zero attached hydrogens (tertiary/aromatic N) is 1. The minimum atomic E-state index is -1.46. The van der Waals surface area contributed by atoms with Crippen LogP contribution in [-0.2, 0) is 25.5 Å². The Labute approximate surface area is 179 Å². The van der Waals surface area contributed by atoms with Gasteiger partial charge in [0.1, 0.15) is 17.0 Å². The number of phenols is 2. The molecular weight excluding hydrogens is 400 g/mol. The van der Waals surface area contributed by atoms with Crippen LogP contribution in [0, 0.1) is 11.8 Å². The van der Waals surface area contributed by atoms with Gasteiger partial charge in [-0.3, -0.25) is 24.6 Å². The van der Waals surface area contributed by atoms with Crippen LogP contribution in [0.4, 0.5) is 0 Å². The summed E-state index contributed by atoms with van der Waals surface area (Å²) >= 11 is 0. The highest BCUT2D eigenvalue weighted by atomic mass is 16.5. The lowest BCUT2D eigenvalue weighted by Gasteiger charge is -2.32. The van der Waals surface area contributed by atoms with E-state index in [1.165, 1.54) is 36.3 Å². The van der Waals surface area contributed by atoms with E-state index in [4.69, 9.17) is 4.74 Å². The van der Waals surface area contributed by atoms with Crippen molar-refractivity contribution in [2.45, 2.75) is 24.9 Å². The molecule has 2 heterocycles. The summed E-state index contributed by atoms with van der Waals surface area (Å²) in [5.74, 6) is -2.94. The van der Waals surface area contributed by atoms with Gasteiger partial charge in [-0.1, -0.05) is 24.3 Å². The lowest BCUT2D eigenvalue weighted by Crippen LogP contribution is -2.57. The quantitative estimate of drug-likeness (QED) is 0.492. The molecule has 2 aromatic carbocycles. The van der Waals surface area contributed by atoms with Crippen LogP contribution in [0.1, 0.15) is 24.1 Å². The number of ether oxygens (including phenoxy) is 1. The minimum absolute atomic E-state index is 0.0747. The molecule has 2 fully saturated rings. The van der Waals surface area contributed by atoms with Crippen molar-refractivity contribution < 1.29 is 29.3 Å². The number of imide groups is 1. The number of benzene rings is 2. The summed E-state index contributed by atoms with van der Waals surface area (Å²) in [5.41, 5.74) is -0.0744. The van der Waals surface area contributed by atoms with Crippen molar-refractivity contribution in [1.29, 1.82) is 0 Å². The zero-order chi connectivity index (χ0) is 22.3. The molecule has 0 unspecified atom stereocenters. The van der Waals surface area contributed by atoms with Crippen molar-refractivity contribution in [3.63, 3.8) is 0 Å². The molecule has 2 aliphatic heterocycles. The minimum Gasteiger partial charge on any atom is -0.508 e. The maximum absolute atomic E-state index is 13.3. The van der Waals surface area contributed by atoms with Crippen molar-refractivity contribution in [2.75, 3.05) is 13.7 Å². The van der Waals surface area contributed by atoms with Crippen LogP contribution in [0.25, 0.3) is 0 Å². The van der Waals surface area contributed by atoms with E-state index in [1.54, 1.807) is 31.2 Å². The van der Waals surface area contributed by atoms with Crippen molar-refractivity contribution in [1.82, 2.24) is 10.2 Å². The van der Waals surface area contributed by atoms with Gasteiger partial charge >= 0.3 is 5.97 Å². The first-order valence-corrected chi connectivity index (χ1v) is 10.1. The smallest absolute Gasteiger partial charge is 0.327 e. The number of aromatic hydroxyl groups is 2. The van der Waals surface area contributed by atoms with Crippen molar-refractivity contribution >= 4 is 17.8 Å².